The van der Waals surface area contributed by atoms with Crippen molar-refractivity contribution in [2.45, 2.75) is 31.1 Å². The topological polar surface area (TPSA) is 88.2 Å². The molecule has 0 radical (unpaired) electrons. The lowest BCUT2D eigenvalue weighted by molar-refractivity contribution is -0.119. The van der Waals surface area contributed by atoms with Gasteiger partial charge >= 0.3 is 0 Å². The molecular weight excluding hydrogens is 314 g/mol. The highest BCUT2D eigenvalue weighted by molar-refractivity contribution is 7.92. The van der Waals surface area contributed by atoms with Crippen molar-refractivity contribution in [3.63, 3.8) is 0 Å². The van der Waals surface area contributed by atoms with Gasteiger partial charge in [-0.2, -0.15) is 0 Å². The molecule has 7 heteroatoms. The van der Waals surface area contributed by atoms with Gasteiger partial charge in [-0.3, -0.25) is 14.5 Å². The fourth-order valence-electron chi connectivity index (χ4n) is 2.54. The van der Waals surface area contributed by atoms with Gasteiger partial charge in [-0.05, 0) is 56.7 Å². The first-order valence-electron chi connectivity index (χ1n) is 7.11. The summed E-state index contributed by atoms with van der Waals surface area (Å²) in [7, 11) is -3.74. The summed E-state index contributed by atoms with van der Waals surface area (Å²) in [6.07, 6.45) is 1.54. The Labute approximate surface area is 135 Å². The molecule has 0 saturated heterocycles. The molecule has 1 aromatic heterocycles. The third-order valence-electron chi connectivity index (χ3n) is 3.94. The Kier molecular flexibility index (Phi) is 3.40. The number of aryl methyl sites for hydroxylation is 1. The maximum atomic E-state index is 12.6. The van der Waals surface area contributed by atoms with E-state index in [1.807, 2.05) is 0 Å². The molecule has 1 amide bonds. The summed E-state index contributed by atoms with van der Waals surface area (Å²) in [4.78, 5) is 16.1. The number of fused-ring (bicyclic) bond motifs is 1. The third kappa shape index (κ3) is 2.68. The van der Waals surface area contributed by atoms with Crippen molar-refractivity contribution in [1.82, 2.24) is 4.98 Å². The number of nitrogens with one attached hydrogen (secondary N) is 2. The Hall–Kier alpha value is -2.41. The van der Waals surface area contributed by atoms with Gasteiger partial charge in [0.05, 0.1) is 16.0 Å². The average molecular weight is 331 g/mol. The number of carbonyl (C=O) groups is 1. The van der Waals surface area contributed by atoms with E-state index in [1.54, 1.807) is 51.2 Å². The lowest BCUT2D eigenvalue weighted by Crippen LogP contribution is -2.27. The maximum absolute atomic E-state index is 12.6. The lowest BCUT2D eigenvalue weighted by atomic mass is 9.86. The Morgan fingerprint density at radius 1 is 1.17 bits per heavy atom. The molecule has 1 aliphatic rings. The van der Waals surface area contributed by atoms with E-state index in [9.17, 15) is 13.2 Å². The standard InChI is InChI=1S/C16H17N3O3S/c1-10-8-11(6-7-17-10)19-23(21,22)12-4-5-14-13(9-12)16(2,3)15(20)18-14/h4-9H,1-3H3,(H,17,19)(H,18,20). The highest BCUT2D eigenvalue weighted by atomic mass is 32.2. The molecular formula is C16H17N3O3S. The van der Waals surface area contributed by atoms with Crippen LogP contribution >= 0.6 is 0 Å². The second-order valence-electron chi connectivity index (χ2n) is 6.08. The number of hydrogen-bond donors (Lipinski definition) is 2. The molecule has 1 aromatic carbocycles. The van der Waals surface area contributed by atoms with E-state index >= 15 is 0 Å². The van der Waals surface area contributed by atoms with Crippen LogP contribution in [0.3, 0.4) is 0 Å². The highest BCUT2D eigenvalue weighted by Crippen LogP contribution is 2.38. The molecule has 0 atom stereocenters. The van der Waals surface area contributed by atoms with Crippen LogP contribution in [0.4, 0.5) is 11.4 Å². The van der Waals surface area contributed by atoms with Gasteiger partial charge < -0.3 is 5.32 Å². The maximum Gasteiger partial charge on any atom is 0.261 e. The Morgan fingerprint density at radius 2 is 1.91 bits per heavy atom. The van der Waals surface area contributed by atoms with Gasteiger partial charge in [0, 0.05) is 17.6 Å². The van der Waals surface area contributed by atoms with Gasteiger partial charge in [-0.1, -0.05) is 0 Å². The first kappa shape index (κ1) is 15.5. The smallest absolute Gasteiger partial charge is 0.261 e. The van der Waals surface area contributed by atoms with Crippen LogP contribution in [0.2, 0.25) is 0 Å². The van der Waals surface area contributed by atoms with Crippen LogP contribution in [0.1, 0.15) is 25.1 Å². The molecule has 2 N–H and O–H groups in total. The van der Waals surface area contributed by atoms with E-state index in [2.05, 4.69) is 15.0 Å². The van der Waals surface area contributed by atoms with E-state index in [4.69, 9.17) is 0 Å². The molecule has 0 fully saturated rings. The van der Waals surface area contributed by atoms with Crippen LogP contribution in [0.15, 0.2) is 41.4 Å². The van der Waals surface area contributed by atoms with Crippen LogP contribution in [-0.2, 0) is 20.2 Å². The monoisotopic (exact) mass is 331 g/mol. The van der Waals surface area contributed by atoms with E-state index in [0.717, 1.165) is 5.69 Å². The largest absolute Gasteiger partial charge is 0.325 e. The fourth-order valence-corrected chi connectivity index (χ4v) is 3.62. The molecule has 2 heterocycles. The molecule has 1 aliphatic heterocycles. The van der Waals surface area contributed by atoms with Crippen molar-refractivity contribution < 1.29 is 13.2 Å². The number of sulfonamides is 1. The molecule has 23 heavy (non-hydrogen) atoms. The summed E-state index contributed by atoms with van der Waals surface area (Å²) in [5, 5.41) is 2.76. The van der Waals surface area contributed by atoms with Crippen molar-refractivity contribution in [2.24, 2.45) is 0 Å². The van der Waals surface area contributed by atoms with Gasteiger partial charge in [-0.25, -0.2) is 8.42 Å². The normalized spacial score (nSPS) is 15.9. The molecule has 0 bridgehead atoms. The zero-order valence-corrected chi connectivity index (χ0v) is 13.9. The number of amides is 1. The quantitative estimate of drug-likeness (QED) is 0.904. The number of rotatable bonds is 3. The van der Waals surface area contributed by atoms with Gasteiger partial charge in [0.25, 0.3) is 10.0 Å². The number of benzene rings is 1. The molecule has 3 rings (SSSR count). The second-order valence-corrected chi connectivity index (χ2v) is 7.76. The summed E-state index contributed by atoms with van der Waals surface area (Å²) in [5.74, 6) is -0.139. The summed E-state index contributed by atoms with van der Waals surface area (Å²) >= 11 is 0. The van der Waals surface area contributed by atoms with Gasteiger partial charge in [0.2, 0.25) is 5.91 Å². The summed E-state index contributed by atoms with van der Waals surface area (Å²) < 4.78 is 27.7. The van der Waals surface area contributed by atoms with Crippen LogP contribution in [0, 0.1) is 6.92 Å². The number of carbonyl (C=O) groups excluding carboxylic acids is 1. The second kappa shape index (κ2) is 5.06. The van der Waals surface area contributed by atoms with Crippen molar-refractivity contribution in [3.05, 3.63) is 47.8 Å². The van der Waals surface area contributed by atoms with E-state index < -0.39 is 15.4 Å². The highest BCUT2D eigenvalue weighted by Gasteiger charge is 2.39. The minimum absolute atomic E-state index is 0.121. The Bertz CT molecular complexity index is 905. The zero-order chi connectivity index (χ0) is 16.8. The molecule has 0 aliphatic carbocycles. The van der Waals surface area contributed by atoms with Gasteiger partial charge in [0.1, 0.15) is 0 Å². The number of anilines is 2. The summed E-state index contributed by atoms with van der Waals surface area (Å²) in [6, 6.07) is 7.89. The zero-order valence-electron chi connectivity index (χ0n) is 13.0. The van der Waals surface area contributed by atoms with Crippen LogP contribution in [-0.4, -0.2) is 19.3 Å². The van der Waals surface area contributed by atoms with Gasteiger partial charge in [-0.15, -0.1) is 0 Å². The lowest BCUT2D eigenvalue weighted by Gasteiger charge is -2.16. The number of aromatic nitrogens is 1. The van der Waals surface area contributed by atoms with Crippen molar-refractivity contribution in [2.75, 3.05) is 10.0 Å². The van der Waals surface area contributed by atoms with Gasteiger partial charge in [0.15, 0.2) is 0 Å². The number of pyridine rings is 1. The molecule has 0 spiro atoms. The Morgan fingerprint density at radius 3 is 2.61 bits per heavy atom. The minimum atomic E-state index is -3.74. The minimum Gasteiger partial charge on any atom is -0.325 e. The first-order chi connectivity index (χ1) is 10.7. The van der Waals surface area contributed by atoms with Crippen LogP contribution in [0.5, 0.6) is 0 Å². The average Bonchev–Trinajstić information content (AvgIpc) is 2.68. The number of nitrogens with zero attached hydrogens (tertiary/aromatic N) is 1. The first-order valence-corrected chi connectivity index (χ1v) is 8.60. The summed E-state index contributed by atoms with van der Waals surface area (Å²) in [6.45, 7) is 5.32. The van der Waals surface area contributed by atoms with Crippen molar-refractivity contribution in [3.8, 4) is 0 Å². The predicted octanol–water partition coefficient (Wildman–Crippen LogP) is 2.42. The van der Waals surface area contributed by atoms with Crippen molar-refractivity contribution in [1.29, 1.82) is 0 Å². The molecule has 120 valence electrons. The summed E-state index contributed by atoms with van der Waals surface area (Å²) in [5.41, 5.74) is 1.74. The van der Waals surface area contributed by atoms with Crippen LogP contribution < -0.4 is 10.0 Å². The van der Waals surface area contributed by atoms with Crippen molar-refractivity contribution >= 4 is 27.3 Å². The number of hydrogen-bond acceptors (Lipinski definition) is 4. The predicted molar refractivity (Wildman–Crippen MR) is 87.9 cm³/mol. The van der Waals surface area contributed by atoms with E-state index in [0.29, 0.717) is 16.9 Å². The van der Waals surface area contributed by atoms with E-state index in [-0.39, 0.29) is 10.8 Å². The molecule has 6 nitrogen and oxygen atoms in total. The SMILES string of the molecule is Cc1cc(NS(=O)(=O)c2ccc3c(c2)C(C)(C)C(=O)N3)ccn1. The Balaban J connectivity index is 1.99. The van der Waals surface area contributed by atoms with Crippen LogP contribution in [0.25, 0.3) is 0 Å². The third-order valence-corrected chi connectivity index (χ3v) is 5.32. The molecule has 2 aromatic rings. The molecule has 0 saturated carbocycles. The fraction of sp³-hybridized carbons (Fsp3) is 0.250. The molecule has 0 unspecified atom stereocenters. The van der Waals surface area contributed by atoms with E-state index in [1.165, 1.54) is 6.07 Å².